The van der Waals surface area contributed by atoms with Gasteiger partial charge in [0.1, 0.15) is 5.82 Å². The average Bonchev–Trinajstić information content (AvgIpc) is 3.08. The highest BCUT2D eigenvalue weighted by Crippen LogP contribution is 2.24. The Morgan fingerprint density at radius 1 is 0.957 bits per heavy atom. The molecule has 0 radical (unpaired) electrons. The highest BCUT2D eigenvalue weighted by Gasteiger charge is 2.19. The number of nitrogens with zero attached hydrogens (tertiary/aromatic N) is 1. The van der Waals surface area contributed by atoms with Crippen molar-refractivity contribution in [2.75, 3.05) is 13.1 Å². The third-order valence-electron chi connectivity index (χ3n) is 3.98. The third-order valence-corrected chi connectivity index (χ3v) is 3.98. The number of carboxylic acid groups (broad SMARTS) is 1. The number of carbonyl (C=O) groups is 2. The molecule has 1 heterocycles. The van der Waals surface area contributed by atoms with E-state index in [-0.39, 0.29) is 11.5 Å². The van der Waals surface area contributed by atoms with E-state index in [1.165, 1.54) is 12.1 Å². The van der Waals surface area contributed by atoms with E-state index in [4.69, 9.17) is 5.11 Å². The van der Waals surface area contributed by atoms with Gasteiger partial charge in [0, 0.05) is 18.7 Å². The minimum absolute atomic E-state index is 0.0424. The van der Waals surface area contributed by atoms with Gasteiger partial charge in [-0.1, -0.05) is 12.1 Å². The van der Waals surface area contributed by atoms with Crippen LogP contribution in [-0.4, -0.2) is 35.0 Å². The van der Waals surface area contributed by atoms with Crippen LogP contribution in [0.3, 0.4) is 0 Å². The van der Waals surface area contributed by atoms with E-state index >= 15 is 0 Å². The third kappa shape index (κ3) is 3.23. The van der Waals surface area contributed by atoms with Crippen molar-refractivity contribution < 1.29 is 19.1 Å². The van der Waals surface area contributed by atoms with Gasteiger partial charge in [-0.15, -0.1) is 0 Å². The van der Waals surface area contributed by atoms with Crippen LogP contribution in [0.4, 0.5) is 4.39 Å². The zero-order valence-corrected chi connectivity index (χ0v) is 12.5. The molecule has 5 heteroatoms. The number of benzene rings is 2. The predicted octanol–water partition coefficient (Wildman–Crippen LogP) is 3.43. The summed E-state index contributed by atoms with van der Waals surface area (Å²) in [4.78, 5) is 25.3. The fraction of sp³-hybridized carbons (Fsp3) is 0.222. The molecule has 1 saturated heterocycles. The fourth-order valence-corrected chi connectivity index (χ4v) is 2.81. The highest BCUT2D eigenvalue weighted by molar-refractivity contribution is 5.96. The quantitative estimate of drug-likeness (QED) is 0.944. The van der Waals surface area contributed by atoms with Crippen molar-refractivity contribution in [2.24, 2.45) is 0 Å². The molecule has 0 saturated carbocycles. The van der Waals surface area contributed by atoms with E-state index in [0.29, 0.717) is 16.7 Å². The number of rotatable bonds is 3. The van der Waals surface area contributed by atoms with Crippen LogP contribution in [0.15, 0.2) is 42.5 Å². The van der Waals surface area contributed by atoms with Crippen LogP contribution in [0.25, 0.3) is 11.1 Å². The van der Waals surface area contributed by atoms with Gasteiger partial charge in [-0.2, -0.15) is 0 Å². The van der Waals surface area contributed by atoms with Crippen LogP contribution in [0.5, 0.6) is 0 Å². The maximum Gasteiger partial charge on any atom is 0.335 e. The Bertz CT molecular complexity index is 767. The summed E-state index contributed by atoms with van der Waals surface area (Å²) in [5.41, 5.74) is 1.48. The van der Waals surface area contributed by atoms with Gasteiger partial charge in [0.25, 0.3) is 5.91 Å². The van der Waals surface area contributed by atoms with Crippen molar-refractivity contribution in [3.63, 3.8) is 0 Å². The van der Waals surface area contributed by atoms with Crippen molar-refractivity contribution in [3.8, 4) is 11.1 Å². The van der Waals surface area contributed by atoms with Crippen molar-refractivity contribution in [3.05, 3.63) is 59.4 Å². The molecule has 118 valence electrons. The second-order valence-corrected chi connectivity index (χ2v) is 5.61. The van der Waals surface area contributed by atoms with Crippen molar-refractivity contribution >= 4 is 11.9 Å². The summed E-state index contributed by atoms with van der Waals surface area (Å²) >= 11 is 0. The number of carboxylic acids is 1. The van der Waals surface area contributed by atoms with Crippen LogP contribution in [0, 0.1) is 5.82 Å². The molecule has 1 N–H and O–H groups in total. The van der Waals surface area contributed by atoms with Crippen molar-refractivity contribution in [2.45, 2.75) is 12.8 Å². The molecule has 1 aliphatic heterocycles. The lowest BCUT2D eigenvalue weighted by Crippen LogP contribution is -2.27. The maximum absolute atomic E-state index is 13.6. The molecule has 1 aliphatic rings. The molecule has 2 aromatic rings. The number of amides is 1. The molecule has 1 amide bonds. The Kier molecular flexibility index (Phi) is 4.10. The normalized spacial score (nSPS) is 14.0. The van der Waals surface area contributed by atoms with Gasteiger partial charge in [0.15, 0.2) is 0 Å². The van der Waals surface area contributed by atoms with Crippen LogP contribution in [0.1, 0.15) is 33.6 Å². The van der Waals surface area contributed by atoms with E-state index in [2.05, 4.69) is 0 Å². The number of hydrogen-bond donors (Lipinski definition) is 1. The molecular weight excluding hydrogens is 297 g/mol. The lowest BCUT2D eigenvalue weighted by molar-refractivity contribution is 0.0695. The molecule has 0 spiro atoms. The van der Waals surface area contributed by atoms with Gasteiger partial charge in [-0.05, 0) is 54.3 Å². The SMILES string of the molecule is O=C(O)c1cc(F)cc(-c2cccc(C(=O)N3CCCC3)c2)c1. The van der Waals surface area contributed by atoms with Gasteiger partial charge in [0.05, 0.1) is 5.56 Å². The molecule has 4 nitrogen and oxygen atoms in total. The second-order valence-electron chi connectivity index (χ2n) is 5.61. The standard InChI is InChI=1S/C18H16FNO3/c19-16-10-14(9-15(11-16)18(22)23)12-4-3-5-13(8-12)17(21)20-6-1-2-7-20/h3-5,8-11H,1-2,6-7H2,(H,22,23). The van der Waals surface area contributed by atoms with Gasteiger partial charge >= 0.3 is 5.97 Å². The molecule has 3 rings (SSSR count). The van der Waals surface area contributed by atoms with Crippen LogP contribution in [-0.2, 0) is 0 Å². The van der Waals surface area contributed by atoms with Crippen LogP contribution < -0.4 is 0 Å². The molecule has 0 unspecified atom stereocenters. The van der Waals surface area contributed by atoms with E-state index in [0.717, 1.165) is 32.0 Å². The van der Waals surface area contributed by atoms with Gasteiger partial charge in [0.2, 0.25) is 0 Å². The van der Waals surface area contributed by atoms with Crippen LogP contribution in [0.2, 0.25) is 0 Å². The monoisotopic (exact) mass is 313 g/mol. The average molecular weight is 313 g/mol. The Labute approximate surface area is 133 Å². The zero-order valence-electron chi connectivity index (χ0n) is 12.5. The van der Waals surface area contributed by atoms with E-state index in [9.17, 15) is 14.0 Å². The molecule has 0 bridgehead atoms. The summed E-state index contributed by atoms with van der Waals surface area (Å²) < 4.78 is 13.6. The first-order valence-corrected chi connectivity index (χ1v) is 7.48. The summed E-state index contributed by atoms with van der Waals surface area (Å²) in [6.07, 6.45) is 2.02. The summed E-state index contributed by atoms with van der Waals surface area (Å²) in [7, 11) is 0. The number of carbonyl (C=O) groups excluding carboxylic acids is 1. The second kappa shape index (κ2) is 6.20. The van der Waals surface area contributed by atoms with Crippen LogP contribution >= 0.6 is 0 Å². The van der Waals surface area contributed by atoms with Crippen molar-refractivity contribution in [1.29, 1.82) is 0 Å². The summed E-state index contributed by atoms with van der Waals surface area (Å²) in [5.74, 6) is -1.84. The molecule has 0 aromatic heterocycles. The molecule has 2 aromatic carbocycles. The predicted molar refractivity (Wildman–Crippen MR) is 83.9 cm³/mol. The minimum atomic E-state index is -1.19. The number of halogens is 1. The smallest absolute Gasteiger partial charge is 0.335 e. The Balaban J connectivity index is 1.96. The Morgan fingerprint density at radius 2 is 1.65 bits per heavy atom. The minimum Gasteiger partial charge on any atom is -0.478 e. The Morgan fingerprint density at radius 3 is 2.35 bits per heavy atom. The molecule has 0 aliphatic carbocycles. The van der Waals surface area contributed by atoms with Gasteiger partial charge in [-0.25, -0.2) is 9.18 Å². The number of aromatic carboxylic acids is 1. The first kappa shape index (κ1) is 15.2. The topological polar surface area (TPSA) is 57.6 Å². The first-order valence-electron chi connectivity index (χ1n) is 7.48. The number of likely N-dealkylation sites (tertiary alicyclic amines) is 1. The van der Waals surface area contributed by atoms with Gasteiger partial charge in [-0.3, -0.25) is 4.79 Å². The summed E-state index contributed by atoms with van der Waals surface area (Å²) in [5, 5.41) is 9.04. The first-order chi connectivity index (χ1) is 11.0. The summed E-state index contributed by atoms with van der Waals surface area (Å²) in [6.45, 7) is 1.51. The molecule has 23 heavy (non-hydrogen) atoms. The largest absolute Gasteiger partial charge is 0.478 e. The maximum atomic E-state index is 13.6. The Hall–Kier alpha value is -2.69. The zero-order chi connectivity index (χ0) is 16.4. The van der Waals surface area contributed by atoms with E-state index < -0.39 is 11.8 Å². The lowest BCUT2D eigenvalue weighted by atomic mass is 10.0. The fourth-order valence-electron chi connectivity index (χ4n) is 2.81. The van der Waals surface area contributed by atoms with E-state index in [1.807, 2.05) is 0 Å². The summed E-state index contributed by atoms with van der Waals surface area (Å²) in [6, 6.07) is 10.5. The lowest BCUT2D eigenvalue weighted by Gasteiger charge is -2.15. The number of hydrogen-bond acceptors (Lipinski definition) is 2. The molecular formula is C18H16FNO3. The molecule has 1 fully saturated rings. The molecule has 0 atom stereocenters. The van der Waals surface area contributed by atoms with E-state index in [1.54, 1.807) is 29.2 Å². The van der Waals surface area contributed by atoms with Crippen molar-refractivity contribution in [1.82, 2.24) is 4.90 Å². The highest BCUT2D eigenvalue weighted by atomic mass is 19.1. The van der Waals surface area contributed by atoms with Gasteiger partial charge < -0.3 is 10.0 Å².